The number of likely N-dealkylation sites (N-methyl/N-ethyl adjacent to an activating group) is 1. The SMILES string of the molecule is CN1CCN(CC=O)c2ccc(Cl)cc21. The molecule has 1 aliphatic rings. The number of carbonyl (C=O) groups excluding carboxylic acids is 1. The Kier molecular flexibility index (Phi) is 2.82. The first kappa shape index (κ1) is 10.3. The van der Waals surface area contributed by atoms with E-state index < -0.39 is 0 Å². The minimum absolute atomic E-state index is 0.447. The smallest absolute Gasteiger partial charge is 0.139 e. The zero-order valence-electron chi connectivity index (χ0n) is 8.61. The average Bonchev–Trinajstić information content (AvgIpc) is 2.23. The lowest BCUT2D eigenvalue weighted by Crippen LogP contribution is -2.40. The van der Waals surface area contributed by atoms with Gasteiger partial charge in [0.05, 0.1) is 17.9 Å². The lowest BCUT2D eigenvalue weighted by molar-refractivity contribution is -0.106. The van der Waals surface area contributed by atoms with E-state index in [1.54, 1.807) is 0 Å². The first-order valence-electron chi connectivity index (χ1n) is 4.91. The summed E-state index contributed by atoms with van der Waals surface area (Å²) in [6.07, 6.45) is 0.934. The molecule has 1 heterocycles. The molecule has 0 radical (unpaired) electrons. The second kappa shape index (κ2) is 4.11. The molecule has 0 aliphatic carbocycles. The number of fused-ring (bicyclic) bond motifs is 1. The summed E-state index contributed by atoms with van der Waals surface area (Å²) in [6, 6.07) is 5.77. The van der Waals surface area contributed by atoms with Gasteiger partial charge in [-0.05, 0) is 18.2 Å². The van der Waals surface area contributed by atoms with Gasteiger partial charge in [0.2, 0.25) is 0 Å². The molecule has 3 nitrogen and oxygen atoms in total. The van der Waals surface area contributed by atoms with Crippen molar-refractivity contribution in [2.75, 3.05) is 36.5 Å². The number of carbonyl (C=O) groups is 1. The van der Waals surface area contributed by atoms with Crippen LogP contribution in [-0.4, -0.2) is 33.0 Å². The molecule has 0 saturated carbocycles. The first-order chi connectivity index (χ1) is 7.22. The Balaban J connectivity index is 2.40. The Morgan fingerprint density at radius 2 is 2.20 bits per heavy atom. The Labute approximate surface area is 94.2 Å². The van der Waals surface area contributed by atoms with E-state index in [9.17, 15) is 4.79 Å². The van der Waals surface area contributed by atoms with E-state index in [1.165, 1.54) is 0 Å². The fourth-order valence-corrected chi connectivity index (χ4v) is 2.03. The highest BCUT2D eigenvalue weighted by atomic mass is 35.5. The maximum Gasteiger partial charge on any atom is 0.139 e. The molecule has 0 aromatic heterocycles. The van der Waals surface area contributed by atoms with E-state index in [1.807, 2.05) is 25.2 Å². The highest BCUT2D eigenvalue weighted by Gasteiger charge is 2.19. The number of hydrogen-bond acceptors (Lipinski definition) is 3. The third kappa shape index (κ3) is 1.92. The van der Waals surface area contributed by atoms with Crippen molar-refractivity contribution in [3.63, 3.8) is 0 Å². The summed E-state index contributed by atoms with van der Waals surface area (Å²) in [4.78, 5) is 14.8. The van der Waals surface area contributed by atoms with E-state index >= 15 is 0 Å². The number of nitrogens with zero attached hydrogens (tertiary/aromatic N) is 2. The molecule has 1 aromatic rings. The van der Waals surface area contributed by atoms with Gasteiger partial charge in [0.1, 0.15) is 6.29 Å². The van der Waals surface area contributed by atoms with Crippen molar-refractivity contribution in [2.24, 2.45) is 0 Å². The van der Waals surface area contributed by atoms with E-state index in [0.717, 1.165) is 35.8 Å². The Morgan fingerprint density at radius 3 is 2.93 bits per heavy atom. The summed E-state index contributed by atoms with van der Waals surface area (Å²) in [5, 5.41) is 0.730. The maximum absolute atomic E-state index is 10.6. The fraction of sp³-hybridized carbons (Fsp3) is 0.364. The summed E-state index contributed by atoms with van der Waals surface area (Å²) >= 11 is 5.95. The number of hydrogen-bond donors (Lipinski definition) is 0. The third-order valence-electron chi connectivity index (χ3n) is 2.69. The van der Waals surface area contributed by atoms with Crippen LogP contribution >= 0.6 is 11.6 Å². The molecule has 0 fully saturated rings. The number of benzene rings is 1. The first-order valence-corrected chi connectivity index (χ1v) is 5.29. The molecule has 0 amide bonds. The van der Waals surface area contributed by atoms with Crippen molar-refractivity contribution < 1.29 is 4.79 Å². The minimum atomic E-state index is 0.447. The monoisotopic (exact) mass is 224 g/mol. The number of aldehydes is 1. The average molecular weight is 225 g/mol. The van der Waals surface area contributed by atoms with Crippen molar-refractivity contribution >= 4 is 29.3 Å². The van der Waals surface area contributed by atoms with Crippen molar-refractivity contribution in [3.05, 3.63) is 23.2 Å². The Hall–Kier alpha value is -1.22. The lowest BCUT2D eigenvalue weighted by atomic mass is 10.2. The molecular weight excluding hydrogens is 212 g/mol. The quantitative estimate of drug-likeness (QED) is 0.716. The molecule has 0 bridgehead atoms. The van der Waals surface area contributed by atoms with Crippen molar-refractivity contribution in [1.82, 2.24) is 0 Å². The summed E-state index contributed by atoms with van der Waals surface area (Å²) < 4.78 is 0. The van der Waals surface area contributed by atoms with Gasteiger partial charge in [-0.15, -0.1) is 0 Å². The van der Waals surface area contributed by atoms with Crippen LogP contribution in [0.3, 0.4) is 0 Å². The van der Waals surface area contributed by atoms with E-state index in [0.29, 0.717) is 6.54 Å². The molecule has 1 aliphatic heterocycles. The molecule has 0 atom stereocenters. The molecule has 1 aromatic carbocycles. The largest absolute Gasteiger partial charge is 0.371 e. The van der Waals surface area contributed by atoms with Gasteiger partial charge >= 0.3 is 0 Å². The Bertz CT molecular complexity index is 381. The van der Waals surface area contributed by atoms with Crippen LogP contribution in [0.15, 0.2) is 18.2 Å². The molecule has 15 heavy (non-hydrogen) atoms. The second-order valence-corrected chi connectivity index (χ2v) is 4.10. The summed E-state index contributed by atoms with van der Waals surface area (Å²) in [5.41, 5.74) is 2.18. The summed E-state index contributed by atoms with van der Waals surface area (Å²) in [7, 11) is 2.04. The van der Waals surface area contributed by atoms with Gasteiger partial charge in [-0.2, -0.15) is 0 Å². The van der Waals surface area contributed by atoms with E-state index in [4.69, 9.17) is 11.6 Å². The van der Waals surface area contributed by atoms with Crippen molar-refractivity contribution in [1.29, 1.82) is 0 Å². The Morgan fingerprint density at radius 1 is 1.40 bits per heavy atom. The lowest BCUT2D eigenvalue weighted by Gasteiger charge is -2.36. The molecule has 2 rings (SSSR count). The van der Waals surface area contributed by atoms with Crippen molar-refractivity contribution in [2.45, 2.75) is 0 Å². The molecule has 0 unspecified atom stereocenters. The maximum atomic E-state index is 10.6. The zero-order chi connectivity index (χ0) is 10.8. The van der Waals surface area contributed by atoms with Crippen LogP contribution in [-0.2, 0) is 4.79 Å². The van der Waals surface area contributed by atoms with Crippen LogP contribution in [0.4, 0.5) is 11.4 Å². The molecule has 4 heteroatoms. The highest BCUT2D eigenvalue weighted by molar-refractivity contribution is 6.31. The van der Waals surface area contributed by atoms with Crippen LogP contribution in [0.1, 0.15) is 0 Å². The molecule has 0 N–H and O–H groups in total. The molecular formula is C11H13ClN2O. The number of anilines is 2. The van der Waals surface area contributed by atoms with Crippen LogP contribution in [0.25, 0.3) is 0 Å². The van der Waals surface area contributed by atoms with E-state index in [-0.39, 0.29) is 0 Å². The topological polar surface area (TPSA) is 23.6 Å². The summed E-state index contributed by atoms with van der Waals surface area (Å²) in [6.45, 7) is 2.24. The number of halogens is 1. The van der Waals surface area contributed by atoms with Gasteiger partial charge in [-0.1, -0.05) is 11.6 Å². The molecule has 80 valence electrons. The molecule has 0 saturated heterocycles. The van der Waals surface area contributed by atoms with Crippen LogP contribution in [0, 0.1) is 0 Å². The van der Waals surface area contributed by atoms with Crippen LogP contribution < -0.4 is 9.80 Å². The molecule has 0 spiro atoms. The van der Waals surface area contributed by atoms with E-state index in [2.05, 4.69) is 9.80 Å². The number of rotatable bonds is 2. The predicted octanol–water partition coefficient (Wildman–Crippen LogP) is 1.80. The van der Waals surface area contributed by atoms with Gasteiger partial charge in [0, 0.05) is 25.2 Å². The third-order valence-corrected chi connectivity index (χ3v) is 2.92. The zero-order valence-corrected chi connectivity index (χ0v) is 9.37. The van der Waals surface area contributed by atoms with Gasteiger partial charge in [0.25, 0.3) is 0 Å². The normalized spacial score (nSPS) is 15.1. The summed E-state index contributed by atoms with van der Waals surface area (Å²) in [5.74, 6) is 0. The standard InChI is InChI=1S/C11H13ClN2O/c1-13-4-5-14(6-7-15)10-3-2-9(12)8-11(10)13/h2-3,7-8H,4-6H2,1H3. The minimum Gasteiger partial charge on any atom is -0.371 e. The van der Waals surface area contributed by atoms with Gasteiger partial charge in [-0.3, -0.25) is 0 Å². The van der Waals surface area contributed by atoms with Crippen molar-refractivity contribution in [3.8, 4) is 0 Å². The van der Waals surface area contributed by atoms with Gasteiger partial charge < -0.3 is 14.6 Å². The predicted molar refractivity (Wildman–Crippen MR) is 63.0 cm³/mol. The fourth-order valence-electron chi connectivity index (χ4n) is 1.86. The van der Waals surface area contributed by atoms with Gasteiger partial charge in [0.15, 0.2) is 0 Å². The van der Waals surface area contributed by atoms with Gasteiger partial charge in [-0.25, -0.2) is 0 Å². The second-order valence-electron chi connectivity index (χ2n) is 3.67. The van der Waals surface area contributed by atoms with Crippen LogP contribution in [0.5, 0.6) is 0 Å². The van der Waals surface area contributed by atoms with Crippen LogP contribution in [0.2, 0.25) is 5.02 Å². The highest BCUT2D eigenvalue weighted by Crippen LogP contribution is 2.33.